The van der Waals surface area contributed by atoms with Crippen molar-refractivity contribution in [1.29, 1.82) is 0 Å². The first-order chi connectivity index (χ1) is 16.6. The van der Waals surface area contributed by atoms with Crippen molar-refractivity contribution >= 4 is 56.6 Å². The number of amides is 1. The van der Waals surface area contributed by atoms with Crippen molar-refractivity contribution in [3.63, 3.8) is 0 Å². The number of carbonyl (C=O) groups is 1. The number of aromatic nitrogens is 2. The molecule has 0 radical (unpaired) electrons. The fourth-order valence-corrected chi connectivity index (χ4v) is 5.62. The summed E-state index contributed by atoms with van der Waals surface area (Å²) in [4.78, 5) is 25.7. The molecule has 0 aliphatic heterocycles. The van der Waals surface area contributed by atoms with Gasteiger partial charge in [-0.3, -0.25) is 4.79 Å². The number of methoxy groups -OCH3 is 2. The van der Waals surface area contributed by atoms with Crippen LogP contribution in [0.1, 0.15) is 28.0 Å². The van der Waals surface area contributed by atoms with Crippen LogP contribution in [0.25, 0.3) is 21.3 Å². The van der Waals surface area contributed by atoms with Crippen LogP contribution in [0.5, 0.6) is 11.5 Å². The van der Waals surface area contributed by atoms with E-state index in [1.54, 1.807) is 44.6 Å². The molecule has 0 spiro atoms. The van der Waals surface area contributed by atoms with E-state index in [4.69, 9.17) is 14.5 Å². The molecule has 0 fully saturated rings. The third-order valence-corrected chi connectivity index (χ3v) is 8.12. The van der Waals surface area contributed by atoms with Gasteiger partial charge in [0.25, 0.3) is 5.91 Å². The van der Waals surface area contributed by atoms with Crippen LogP contribution in [-0.4, -0.2) is 49.1 Å². The van der Waals surface area contributed by atoms with E-state index in [9.17, 15) is 4.79 Å². The first kappa shape index (κ1) is 25.2. The summed E-state index contributed by atoms with van der Waals surface area (Å²) in [6, 6.07) is 15.6. The van der Waals surface area contributed by atoms with E-state index in [0.29, 0.717) is 28.7 Å². The van der Waals surface area contributed by atoms with E-state index in [0.717, 1.165) is 26.2 Å². The first-order valence-corrected chi connectivity index (χ1v) is 12.8. The number of alkyl halides is 1. The molecule has 2 aromatic heterocycles. The summed E-state index contributed by atoms with van der Waals surface area (Å²) >= 11 is 4.04. The average Bonchev–Trinajstić information content (AvgIpc) is 3.33. The monoisotopic (exact) mass is 602 g/mol. The minimum atomic E-state index is -0.470. The van der Waals surface area contributed by atoms with E-state index in [1.807, 2.05) is 43.3 Å². The van der Waals surface area contributed by atoms with Crippen molar-refractivity contribution in [2.24, 2.45) is 0 Å². The lowest BCUT2D eigenvalue weighted by molar-refractivity contribution is 0.0828. The summed E-state index contributed by atoms with van der Waals surface area (Å²) in [5.41, 5.74) is 2.38. The van der Waals surface area contributed by atoms with Crippen LogP contribution in [0.15, 0.2) is 48.5 Å². The van der Waals surface area contributed by atoms with Gasteiger partial charge in [-0.2, -0.15) is 0 Å². The van der Waals surface area contributed by atoms with Crippen LogP contribution in [0, 0.1) is 6.92 Å². The second-order valence-corrected chi connectivity index (χ2v) is 11.6. The van der Waals surface area contributed by atoms with Gasteiger partial charge < -0.3 is 19.7 Å². The number of halogens is 1. The quantitative estimate of drug-likeness (QED) is 0.157. The summed E-state index contributed by atoms with van der Waals surface area (Å²) in [6.45, 7) is 3.97. The molecular weight excluding hydrogens is 575 g/mol. The zero-order valence-electron chi connectivity index (χ0n) is 20.5. The van der Waals surface area contributed by atoms with Gasteiger partial charge in [-0.05, 0) is 60.7 Å². The number of thiophene rings is 1. The Bertz CT molecular complexity index is 1400. The third kappa shape index (κ3) is 5.06. The van der Waals surface area contributed by atoms with Crippen molar-refractivity contribution in [2.75, 3.05) is 33.6 Å². The number of rotatable bonds is 7. The molecule has 4 rings (SSSR count). The molecule has 0 saturated heterocycles. The third-order valence-electron chi connectivity index (χ3n) is 5.56. The number of nitrogens with one attached hydrogen (secondary N) is 1. The number of anilines is 1. The smallest absolute Gasteiger partial charge is 0.253 e. The predicted molar refractivity (Wildman–Crippen MR) is 150 cm³/mol. The first-order valence-electron chi connectivity index (χ1n) is 10.9. The predicted octanol–water partition coefficient (Wildman–Crippen LogP) is 6.11. The number of nitrogens with zero attached hydrogens (tertiary/aromatic N) is 3. The summed E-state index contributed by atoms with van der Waals surface area (Å²) < 4.78 is 10.5. The van der Waals surface area contributed by atoms with Crippen molar-refractivity contribution in [1.82, 2.24) is 14.9 Å². The van der Waals surface area contributed by atoms with Crippen molar-refractivity contribution < 1.29 is 14.3 Å². The zero-order valence-corrected chi connectivity index (χ0v) is 23.4. The second-order valence-electron chi connectivity index (χ2n) is 8.38. The molecule has 2 heterocycles. The number of carbonyl (C=O) groups excluding carboxylic acids is 1. The zero-order chi connectivity index (χ0) is 25.3. The van der Waals surface area contributed by atoms with Crippen molar-refractivity contribution in [3.05, 3.63) is 64.8 Å². The van der Waals surface area contributed by atoms with Gasteiger partial charge in [-0.1, -0.05) is 18.2 Å². The molecule has 1 N–H and O–H groups in total. The van der Waals surface area contributed by atoms with Crippen LogP contribution in [0.2, 0.25) is 0 Å². The van der Waals surface area contributed by atoms with Crippen LogP contribution in [-0.2, 0) is 3.55 Å². The molecular formula is C26H27IN4O3S. The molecule has 1 amide bonds. The molecule has 0 saturated carbocycles. The minimum Gasteiger partial charge on any atom is -0.493 e. The second kappa shape index (κ2) is 9.98. The van der Waals surface area contributed by atoms with Gasteiger partial charge in [0.1, 0.15) is 15.2 Å². The van der Waals surface area contributed by atoms with Crippen LogP contribution in [0.3, 0.4) is 0 Å². The molecule has 0 bridgehead atoms. The average molecular weight is 602 g/mol. The minimum absolute atomic E-state index is 0.0155. The molecule has 9 heteroatoms. The highest BCUT2D eigenvalue weighted by molar-refractivity contribution is 14.1. The molecule has 1 unspecified atom stereocenters. The van der Waals surface area contributed by atoms with Crippen LogP contribution < -0.4 is 14.8 Å². The number of aryl methyl sites for hydroxylation is 1. The molecule has 182 valence electrons. The van der Waals surface area contributed by atoms with Gasteiger partial charge in [-0.15, -0.1) is 11.3 Å². The molecule has 0 aliphatic carbocycles. The maximum absolute atomic E-state index is 12.7. The number of ether oxygens (including phenoxy) is 2. The van der Waals surface area contributed by atoms with E-state index >= 15 is 0 Å². The Labute approximate surface area is 222 Å². The number of fused-ring (bicyclic) bond motifs is 1. The number of hydrogen-bond acceptors (Lipinski definition) is 7. The van der Waals surface area contributed by atoms with E-state index in [2.05, 4.69) is 51.9 Å². The SMILES string of the molecule is COc1cc2nc(C)nc(NC(C)(I)c3ccc(-c4ccccc4C(=O)N(C)C)s3)c2cc1OC. The van der Waals surface area contributed by atoms with Gasteiger partial charge in [0.2, 0.25) is 0 Å². The number of hydrogen-bond donors (Lipinski definition) is 1. The Hall–Kier alpha value is -2.92. The largest absolute Gasteiger partial charge is 0.493 e. The summed E-state index contributed by atoms with van der Waals surface area (Å²) in [6.07, 6.45) is 0. The standard InChI is InChI=1S/C26H27IN4O3S/c1-15-28-19-14-21(34-6)20(33-5)13-18(19)24(29-15)30-26(2,27)23-12-11-22(35-23)16-9-7-8-10-17(16)25(32)31(3)4/h7-14H,1-6H3,(H,28,29,30). The summed E-state index contributed by atoms with van der Waals surface area (Å²) in [5.74, 6) is 2.59. The Morgan fingerprint density at radius 1 is 1.06 bits per heavy atom. The maximum Gasteiger partial charge on any atom is 0.253 e. The van der Waals surface area contributed by atoms with Crippen LogP contribution in [0.4, 0.5) is 5.82 Å². The lowest BCUT2D eigenvalue weighted by Crippen LogP contribution is -2.24. The Morgan fingerprint density at radius 2 is 1.74 bits per heavy atom. The number of benzene rings is 2. The molecule has 0 aliphatic rings. The fraction of sp³-hybridized carbons (Fsp3) is 0.269. The normalized spacial score (nSPS) is 12.8. The molecule has 2 aromatic carbocycles. The highest BCUT2D eigenvalue weighted by atomic mass is 127. The lowest BCUT2D eigenvalue weighted by atomic mass is 10.1. The summed E-state index contributed by atoms with van der Waals surface area (Å²) in [7, 11) is 6.75. The lowest BCUT2D eigenvalue weighted by Gasteiger charge is -2.25. The van der Waals surface area contributed by atoms with E-state index in [1.165, 1.54) is 0 Å². The van der Waals surface area contributed by atoms with Gasteiger partial charge in [-0.25, -0.2) is 9.97 Å². The molecule has 7 nitrogen and oxygen atoms in total. The topological polar surface area (TPSA) is 76.6 Å². The maximum atomic E-state index is 12.7. The highest BCUT2D eigenvalue weighted by Gasteiger charge is 2.27. The Balaban J connectivity index is 1.73. The molecule has 35 heavy (non-hydrogen) atoms. The molecule has 4 aromatic rings. The van der Waals surface area contributed by atoms with Gasteiger partial charge in [0, 0.05) is 46.4 Å². The molecule has 1 atom stereocenters. The van der Waals surface area contributed by atoms with Crippen molar-refractivity contribution in [2.45, 2.75) is 17.4 Å². The highest BCUT2D eigenvalue weighted by Crippen LogP contribution is 2.42. The van der Waals surface area contributed by atoms with E-state index < -0.39 is 3.55 Å². The fourth-order valence-electron chi connectivity index (χ4n) is 3.81. The Kier molecular flexibility index (Phi) is 7.18. The van der Waals surface area contributed by atoms with E-state index in [-0.39, 0.29) is 5.91 Å². The van der Waals surface area contributed by atoms with Gasteiger partial charge in [0.05, 0.1) is 19.7 Å². The Morgan fingerprint density at radius 3 is 2.43 bits per heavy atom. The van der Waals surface area contributed by atoms with Gasteiger partial charge >= 0.3 is 0 Å². The summed E-state index contributed by atoms with van der Waals surface area (Å²) in [5, 5.41) is 4.44. The van der Waals surface area contributed by atoms with Crippen LogP contribution >= 0.6 is 33.9 Å². The van der Waals surface area contributed by atoms with Gasteiger partial charge in [0.15, 0.2) is 11.5 Å². The van der Waals surface area contributed by atoms with Crippen molar-refractivity contribution in [3.8, 4) is 21.9 Å².